The van der Waals surface area contributed by atoms with Gasteiger partial charge in [-0.15, -0.1) is 0 Å². The normalized spacial score (nSPS) is 11.8. The minimum Gasteiger partial charge on any atom is -0.454 e. The number of esters is 1. The van der Waals surface area contributed by atoms with Crippen LogP contribution in [-0.4, -0.2) is 19.6 Å². The number of hydrogen-bond donors (Lipinski definition) is 0. The summed E-state index contributed by atoms with van der Waals surface area (Å²) in [6.45, 7) is 19.3. The maximum Gasteiger partial charge on any atom is 0.319 e. The van der Waals surface area contributed by atoms with E-state index in [2.05, 4.69) is 20.4 Å². The molecule has 2 aromatic rings. The molecule has 0 N–H and O–H groups in total. The molecule has 0 saturated heterocycles. The Balaban J connectivity index is 0.00000172. The molecule has 176 valence electrons. The second-order valence-corrected chi connectivity index (χ2v) is 9.97. The van der Waals surface area contributed by atoms with Gasteiger partial charge in [0.1, 0.15) is 11.0 Å². The highest BCUT2D eigenvalue weighted by molar-refractivity contribution is 6.08. The van der Waals surface area contributed by atoms with Crippen molar-refractivity contribution >= 4 is 19.6 Å². The van der Waals surface area contributed by atoms with Crippen molar-refractivity contribution in [3.05, 3.63) is 83.4 Å². The molecule has 0 aromatic heterocycles. The fraction of sp³-hybridized carbons (Fsp3) is 0.448. The standard InChI is InChI=1S/C27H34O3.C2H5B/c1-19(2)25(3,4)21-16-12-13-17-22(21)27(7,8)30-24(29)26(5,6)23(28)18-20-14-10-9-11-15-20;1-2-3/h9-17H,1,18H2,2-8H3;2H2,1H3. The van der Waals surface area contributed by atoms with Crippen LogP contribution in [0.3, 0.4) is 0 Å². The van der Waals surface area contributed by atoms with Crippen molar-refractivity contribution in [1.82, 2.24) is 0 Å². The van der Waals surface area contributed by atoms with Crippen molar-refractivity contribution in [3.8, 4) is 0 Å². The largest absolute Gasteiger partial charge is 0.454 e. The van der Waals surface area contributed by atoms with Crippen LogP contribution in [0.15, 0.2) is 66.7 Å². The van der Waals surface area contributed by atoms with Gasteiger partial charge in [-0.1, -0.05) is 93.8 Å². The summed E-state index contributed by atoms with van der Waals surface area (Å²) in [5.41, 5.74) is 1.46. The first-order valence-corrected chi connectivity index (χ1v) is 11.5. The second-order valence-electron chi connectivity index (χ2n) is 9.97. The van der Waals surface area contributed by atoms with Crippen molar-refractivity contribution in [2.45, 2.75) is 79.1 Å². The number of hydrogen-bond acceptors (Lipinski definition) is 3. The SMILES string of the molecule is C=C(C)C(C)(C)c1ccccc1C(C)(C)OC(=O)C(C)(C)C(=O)Cc1ccccc1.[B]CC. The van der Waals surface area contributed by atoms with Crippen molar-refractivity contribution in [3.63, 3.8) is 0 Å². The van der Waals surface area contributed by atoms with Gasteiger partial charge in [-0.25, -0.2) is 0 Å². The quantitative estimate of drug-likeness (QED) is 0.195. The fourth-order valence-corrected chi connectivity index (χ4v) is 3.31. The van der Waals surface area contributed by atoms with Gasteiger partial charge in [0.05, 0.1) is 7.85 Å². The molecule has 0 heterocycles. The molecule has 0 aliphatic rings. The number of rotatable bonds is 8. The van der Waals surface area contributed by atoms with Crippen LogP contribution in [0.4, 0.5) is 0 Å². The van der Waals surface area contributed by atoms with E-state index in [4.69, 9.17) is 12.6 Å². The zero-order valence-electron chi connectivity index (χ0n) is 21.6. The van der Waals surface area contributed by atoms with Crippen LogP contribution in [0.2, 0.25) is 6.32 Å². The molecule has 3 nitrogen and oxygen atoms in total. The van der Waals surface area contributed by atoms with E-state index in [9.17, 15) is 9.59 Å². The lowest BCUT2D eigenvalue weighted by Crippen LogP contribution is -2.41. The average Bonchev–Trinajstić information content (AvgIpc) is 2.74. The Labute approximate surface area is 202 Å². The Morgan fingerprint density at radius 2 is 1.33 bits per heavy atom. The lowest BCUT2D eigenvalue weighted by molar-refractivity contribution is -0.170. The molecule has 0 atom stereocenters. The highest BCUT2D eigenvalue weighted by Gasteiger charge is 2.41. The zero-order chi connectivity index (χ0) is 25.4. The van der Waals surface area contributed by atoms with Crippen LogP contribution in [-0.2, 0) is 31.8 Å². The predicted molar refractivity (Wildman–Crippen MR) is 139 cm³/mol. The summed E-state index contributed by atoms with van der Waals surface area (Å²) in [5.74, 6) is -0.679. The topological polar surface area (TPSA) is 43.4 Å². The zero-order valence-corrected chi connectivity index (χ0v) is 21.6. The van der Waals surface area contributed by atoms with E-state index in [-0.39, 0.29) is 17.6 Å². The monoisotopic (exact) mass is 446 g/mol. The minimum atomic E-state index is -1.24. The van der Waals surface area contributed by atoms with Gasteiger partial charge < -0.3 is 4.74 Å². The van der Waals surface area contributed by atoms with Gasteiger partial charge in [0, 0.05) is 11.8 Å². The van der Waals surface area contributed by atoms with E-state index < -0.39 is 17.0 Å². The van der Waals surface area contributed by atoms with Crippen LogP contribution in [0.25, 0.3) is 0 Å². The van der Waals surface area contributed by atoms with Gasteiger partial charge >= 0.3 is 5.97 Å². The Hall–Kier alpha value is -2.62. The molecule has 0 unspecified atom stereocenters. The molecular formula is C29H39BO3. The van der Waals surface area contributed by atoms with Gasteiger partial charge in [-0.2, -0.15) is 0 Å². The van der Waals surface area contributed by atoms with Crippen molar-refractivity contribution in [2.24, 2.45) is 5.41 Å². The van der Waals surface area contributed by atoms with Crippen LogP contribution >= 0.6 is 0 Å². The molecule has 33 heavy (non-hydrogen) atoms. The van der Waals surface area contributed by atoms with Gasteiger partial charge in [0.25, 0.3) is 0 Å². The van der Waals surface area contributed by atoms with Crippen molar-refractivity contribution in [2.75, 3.05) is 0 Å². The lowest BCUT2D eigenvalue weighted by Gasteiger charge is -2.36. The summed E-state index contributed by atoms with van der Waals surface area (Å²) in [4.78, 5) is 26.0. The second kappa shape index (κ2) is 11.5. The summed E-state index contributed by atoms with van der Waals surface area (Å²) in [6, 6.07) is 17.4. The molecule has 0 spiro atoms. The first-order valence-electron chi connectivity index (χ1n) is 11.5. The molecule has 0 aliphatic carbocycles. The number of ketones is 1. The number of allylic oxidation sites excluding steroid dienone is 1. The molecule has 0 fully saturated rings. The number of carbonyl (C=O) groups excluding carboxylic acids is 2. The molecule has 4 heteroatoms. The molecular weight excluding hydrogens is 407 g/mol. The molecule has 2 rings (SSSR count). The third-order valence-corrected chi connectivity index (χ3v) is 6.08. The molecule has 0 bridgehead atoms. The number of Topliss-reactive ketones (excluding diaryl/α,β-unsaturated/α-hetero) is 1. The predicted octanol–water partition coefficient (Wildman–Crippen LogP) is 6.75. The van der Waals surface area contributed by atoms with Gasteiger partial charge in [-0.3, -0.25) is 9.59 Å². The molecule has 2 aromatic carbocycles. The number of carbonyl (C=O) groups is 2. The molecule has 0 saturated carbocycles. The van der Waals surface area contributed by atoms with E-state index >= 15 is 0 Å². The van der Waals surface area contributed by atoms with E-state index in [1.165, 1.54) is 0 Å². The first-order chi connectivity index (χ1) is 15.2. The van der Waals surface area contributed by atoms with Crippen molar-refractivity contribution < 1.29 is 14.3 Å². The summed E-state index contributed by atoms with van der Waals surface area (Å²) < 4.78 is 5.97. The maximum absolute atomic E-state index is 13.1. The maximum atomic E-state index is 13.1. The van der Waals surface area contributed by atoms with Crippen LogP contribution < -0.4 is 0 Å². The summed E-state index contributed by atoms with van der Waals surface area (Å²) in [5, 5.41) is 0. The van der Waals surface area contributed by atoms with Gasteiger partial charge in [0.15, 0.2) is 5.78 Å². The van der Waals surface area contributed by atoms with Crippen molar-refractivity contribution in [1.29, 1.82) is 0 Å². The molecule has 0 aliphatic heterocycles. The van der Waals surface area contributed by atoms with Crippen LogP contribution in [0, 0.1) is 5.41 Å². The third kappa shape index (κ3) is 7.18. The van der Waals surface area contributed by atoms with Gasteiger partial charge in [0.2, 0.25) is 0 Å². The number of ether oxygens (including phenoxy) is 1. The lowest BCUT2D eigenvalue weighted by atomic mass is 9.74. The molecule has 2 radical (unpaired) electrons. The average molecular weight is 446 g/mol. The van der Waals surface area contributed by atoms with E-state index in [0.717, 1.165) is 28.6 Å². The number of benzene rings is 2. The van der Waals surface area contributed by atoms with E-state index in [1.807, 2.05) is 82.3 Å². The highest BCUT2D eigenvalue weighted by atomic mass is 16.6. The Morgan fingerprint density at radius 3 is 1.82 bits per heavy atom. The third-order valence-electron chi connectivity index (χ3n) is 6.08. The summed E-state index contributed by atoms with van der Waals surface area (Å²) >= 11 is 0. The Kier molecular flexibility index (Phi) is 9.90. The van der Waals surface area contributed by atoms with Crippen LogP contribution in [0.1, 0.15) is 72.1 Å². The minimum absolute atomic E-state index is 0.162. The molecule has 0 amide bonds. The Morgan fingerprint density at radius 1 is 0.879 bits per heavy atom. The fourth-order valence-electron chi connectivity index (χ4n) is 3.31. The highest BCUT2D eigenvalue weighted by Crippen LogP contribution is 2.39. The van der Waals surface area contributed by atoms with E-state index in [0.29, 0.717) is 0 Å². The first kappa shape index (κ1) is 28.4. The van der Waals surface area contributed by atoms with Crippen LogP contribution in [0.5, 0.6) is 0 Å². The Bertz CT molecular complexity index is 956. The smallest absolute Gasteiger partial charge is 0.319 e. The van der Waals surface area contributed by atoms with E-state index in [1.54, 1.807) is 13.8 Å². The summed E-state index contributed by atoms with van der Waals surface area (Å²) in [7, 11) is 4.85. The summed E-state index contributed by atoms with van der Waals surface area (Å²) in [6.07, 6.45) is 0.947. The van der Waals surface area contributed by atoms with Gasteiger partial charge in [-0.05, 0) is 51.3 Å².